The SMILES string of the molecule is Cc1cc(C)c2cc(C(C)C)c(NN)nc2c1. The maximum absolute atomic E-state index is 5.54. The molecule has 1 heterocycles. The Balaban J connectivity index is 2.78. The molecule has 3 nitrogen and oxygen atoms in total. The highest BCUT2D eigenvalue weighted by atomic mass is 15.2. The van der Waals surface area contributed by atoms with Crippen molar-refractivity contribution in [3.8, 4) is 0 Å². The van der Waals surface area contributed by atoms with Gasteiger partial charge in [-0.05, 0) is 48.6 Å². The molecule has 0 atom stereocenters. The summed E-state index contributed by atoms with van der Waals surface area (Å²) in [6.07, 6.45) is 0. The Morgan fingerprint density at radius 2 is 1.88 bits per heavy atom. The van der Waals surface area contributed by atoms with E-state index in [1.165, 1.54) is 16.5 Å². The summed E-state index contributed by atoms with van der Waals surface area (Å²) in [5, 5.41) is 1.21. The number of hydrazine groups is 1. The van der Waals surface area contributed by atoms with Gasteiger partial charge in [-0.1, -0.05) is 19.9 Å². The summed E-state index contributed by atoms with van der Waals surface area (Å²) >= 11 is 0. The van der Waals surface area contributed by atoms with Crippen molar-refractivity contribution in [2.75, 3.05) is 5.43 Å². The van der Waals surface area contributed by atoms with Crippen molar-refractivity contribution < 1.29 is 0 Å². The van der Waals surface area contributed by atoms with Crippen LogP contribution in [-0.2, 0) is 0 Å². The summed E-state index contributed by atoms with van der Waals surface area (Å²) < 4.78 is 0. The third kappa shape index (κ3) is 2.11. The van der Waals surface area contributed by atoms with Crippen molar-refractivity contribution in [2.24, 2.45) is 5.84 Å². The highest BCUT2D eigenvalue weighted by molar-refractivity contribution is 5.85. The number of hydrogen-bond donors (Lipinski definition) is 2. The fraction of sp³-hybridized carbons (Fsp3) is 0.357. The van der Waals surface area contributed by atoms with Gasteiger partial charge >= 0.3 is 0 Å². The Morgan fingerprint density at radius 3 is 2.47 bits per heavy atom. The Labute approximate surface area is 102 Å². The van der Waals surface area contributed by atoms with Crippen LogP contribution in [0.2, 0.25) is 0 Å². The molecule has 0 fully saturated rings. The fourth-order valence-corrected chi connectivity index (χ4v) is 2.20. The van der Waals surface area contributed by atoms with Crippen LogP contribution < -0.4 is 11.3 Å². The van der Waals surface area contributed by atoms with E-state index in [2.05, 4.69) is 56.3 Å². The second-order valence-corrected chi connectivity index (χ2v) is 4.87. The predicted molar refractivity (Wildman–Crippen MR) is 73.1 cm³/mol. The molecule has 17 heavy (non-hydrogen) atoms. The van der Waals surface area contributed by atoms with Gasteiger partial charge < -0.3 is 5.43 Å². The molecule has 1 aromatic heterocycles. The number of nitrogens with two attached hydrogens (primary N) is 1. The van der Waals surface area contributed by atoms with E-state index in [-0.39, 0.29) is 0 Å². The molecule has 0 aliphatic heterocycles. The summed E-state index contributed by atoms with van der Waals surface area (Å²) in [5.74, 6) is 6.72. The van der Waals surface area contributed by atoms with Crippen LogP contribution >= 0.6 is 0 Å². The highest BCUT2D eigenvalue weighted by Crippen LogP contribution is 2.28. The molecule has 0 amide bonds. The quantitative estimate of drug-likeness (QED) is 0.614. The van der Waals surface area contributed by atoms with Crippen LogP contribution in [0.15, 0.2) is 18.2 Å². The normalized spacial score (nSPS) is 11.2. The first-order chi connectivity index (χ1) is 8.02. The number of fused-ring (bicyclic) bond motifs is 1. The first-order valence-corrected chi connectivity index (χ1v) is 5.91. The van der Waals surface area contributed by atoms with E-state index in [1.54, 1.807) is 0 Å². The lowest BCUT2D eigenvalue weighted by molar-refractivity contribution is 0.862. The number of nitrogens with one attached hydrogen (secondary N) is 1. The minimum atomic E-state index is 0.402. The standard InChI is InChI=1S/C14H19N3/c1-8(2)11-7-12-10(4)5-9(3)6-13(12)16-14(11)17-15/h5-8H,15H2,1-4H3,(H,16,17). The van der Waals surface area contributed by atoms with Crippen molar-refractivity contribution in [3.05, 3.63) is 34.9 Å². The molecule has 0 aliphatic rings. The maximum atomic E-state index is 5.54. The number of nitrogen functional groups attached to an aromatic ring is 1. The van der Waals surface area contributed by atoms with Gasteiger partial charge in [0, 0.05) is 5.39 Å². The van der Waals surface area contributed by atoms with Gasteiger partial charge in [-0.25, -0.2) is 10.8 Å². The largest absolute Gasteiger partial charge is 0.308 e. The molecule has 0 unspecified atom stereocenters. The van der Waals surface area contributed by atoms with Crippen LogP contribution in [0.1, 0.15) is 36.5 Å². The van der Waals surface area contributed by atoms with Crippen LogP contribution in [0.5, 0.6) is 0 Å². The Hall–Kier alpha value is -1.61. The van der Waals surface area contributed by atoms with Gasteiger partial charge in [0.15, 0.2) is 0 Å². The number of nitrogens with zero attached hydrogens (tertiary/aromatic N) is 1. The lowest BCUT2D eigenvalue weighted by Gasteiger charge is -2.14. The molecule has 90 valence electrons. The monoisotopic (exact) mass is 229 g/mol. The van der Waals surface area contributed by atoms with Crippen molar-refractivity contribution in [1.29, 1.82) is 0 Å². The zero-order chi connectivity index (χ0) is 12.6. The smallest absolute Gasteiger partial charge is 0.144 e. The van der Waals surface area contributed by atoms with E-state index in [9.17, 15) is 0 Å². The van der Waals surface area contributed by atoms with Crippen molar-refractivity contribution in [2.45, 2.75) is 33.6 Å². The zero-order valence-electron chi connectivity index (χ0n) is 10.8. The van der Waals surface area contributed by atoms with Crippen LogP contribution in [0, 0.1) is 13.8 Å². The summed E-state index contributed by atoms with van der Waals surface area (Å²) in [6.45, 7) is 8.50. The first-order valence-electron chi connectivity index (χ1n) is 5.91. The molecule has 0 saturated heterocycles. The number of rotatable bonds is 2. The van der Waals surface area contributed by atoms with E-state index in [4.69, 9.17) is 5.84 Å². The van der Waals surface area contributed by atoms with Gasteiger partial charge in [0.2, 0.25) is 0 Å². The maximum Gasteiger partial charge on any atom is 0.144 e. The minimum Gasteiger partial charge on any atom is -0.308 e. The Kier molecular flexibility index (Phi) is 3.03. The number of benzene rings is 1. The second-order valence-electron chi connectivity index (χ2n) is 4.87. The third-order valence-corrected chi connectivity index (χ3v) is 3.07. The van der Waals surface area contributed by atoms with E-state index in [0.717, 1.165) is 16.9 Å². The average Bonchev–Trinajstić information content (AvgIpc) is 2.26. The molecular formula is C14H19N3. The van der Waals surface area contributed by atoms with Gasteiger partial charge in [-0.2, -0.15) is 0 Å². The summed E-state index contributed by atoms with van der Waals surface area (Å²) in [6, 6.07) is 6.47. The molecule has 3 N–H and O–H groups in total. The van der Waals surface area contributed by atoms with Gasteiger partial charge in [-0.3, -0.25) is 0 Å². The molecule has 3 heteroatoms. The van der Waals surface area contributed by atoms with Crippen LogP contribution in [0.3, 0.4) is 0 Å². The number of aryl methyl sites for hydroxylation is 2. The molecule has 1 aromatic carbocycles. The number of anilines is 1. The molecule has 2 aromatic rings. The van der Waals surface area contributed by atoms with Gasteiger partial charge in [0.05, 0.1) is 5.52 Å². The van der Waals surface area contributed by atoms with E-state index >= 15 is 0 Å². The number of pyridine rings is 1. The van der Waals surface area contributed by atoms with Gasteiger partial charge in [-0.15, -0.1) is 0 Å². The van der Waals surface area contributed by atoms with E-state index in [0.29, 0.717) is 5.92 Å². The third-order valence-electron chi connectivity index (χ3n) is 3.07. The predicted octanol–water partition coefficient (Wildman–Crippen LogP) is 3.26. The van der Waals surface area contributed by atoms with Gasteiger partial charge in [0.25, 0.3) is 0 Å². The summed E-state index contributed by atoms with van der Waals surface area (Å²) in [5.41, 5.74) is 7.34. The Bertz CT molecular complexity index is 559. The second kappa shape index (κ2) is 4.34. The molecule has 2 rings (SSSR count). The molecular weight excluding hydrogens is 210 g/mol. The zero-order valence-corrected chi connectivity index (χ0v) is 10.8. The number of aromatic nitrogens is 1. The highest BCUT2D eigenvalue weighted by Gasteiger charge is 2.10. The van der Waals surface area contributed by atoms with Crippen LogP contribution in [0.4, 0.5) is 5.82 Å². The number of hydrogen-bond acceptors (Lipinski definition) is 3. The fourth-order valence-electron chi connectivity index (χ4n) is 2.20. The summed E-state index contributed by atoms with van der Waals surface area (Å²) in [7, 11) is 0. The topological polar surface area (TPSA) is 50.9 Å². The van der Waals surface area contributed by atoms with Crippen molar-refractivity contribution >= 4 is 16.7 Å². The van der Waals surface area contributed by atoms with Crippen molar-refractivity contribution in [1.82, 2.24) is 4.98 Å². The summed E-state index contributed by atoms with van der Waals surface area (Å²) in [4.78, 5) is 4.60. The Morgan fingerprint density at radius 1 is 1.18 bits per heavy atom. The molecule has 0 saturated carbocycles. The lowest BCUT2D eigenvalue weighted by Crippen LogP contribution is -2.12. The van der Waals surface area contributed by atoms with Gasteiger partial charge in [0.1, 0.15) is 5.82 Å². The minimum absolute atomic E-state index is 0.402. The van der Waals surface area contributed by atoms with Crippen LogP contribution in [0.25, 0.3) is 10.9 Å². The average molecular weight is 229 g/mol. The van der Waals surface area contributed by atoms with Crippen molar-refractivity contribution in [3.63, 3.8) is 0 Å². The van der Waals surface area contributed by atoms with E-state index in [1.807, 2.05) is 0 Å². The van der Waals surface area contributed by atoms with E-state index < -0.39 is 0 Å². The molecule has 0 radical (unpaired) electrons. The first kappa shape index (κ1) is 11.9. The molecule has 0 spiro atoms. The molecule has 0 aliphatic carbocycles. The molecule has 0 bridgehead atoms. The lowest BCUT2D eigenvalue weighted by atomic mass is 9.99. The van der Waals surface area contributed by atoms with Crippen LogP contribution in [-0.4, -0.2) is 4.98 Å².